The number of nitrogens with one attached hydrogen (secondary N) is 1. The van der Waals surface area contributed by atoms with E-state index >= 15 is 0 Å². The summed E-state index contributed by atoms with van der Waals surface area (Å²) >= 11 is 0. The molecule has 0 aromatic heterocycles. The van der Waals surface area contributed by atoms with Crippen molar-refractivity contribution in [2.24, 2.45) is 0 Å². The Labute approximate surface area is 470 Å². The number of phosphoric acid groups is 1. The van der Waals surface area contributed by atoms with Crippen LogP contribution in [0.1, 0.15) is 258 Å². The molecule has 0 aliphatic rings. The predicted octanol–water partition coefficient (Wildman–Crippen LogP) is 18.9. The molecule has 0 fully saturated rings. The first-order chi connectivity index (χ1) is 37.0. The second-order valence-electron chi connectivity index (χ2n) is 22.0. The summed E-state index contributed by atoms with van der Waals surface area (Å²) < 4.78 is 23.4. The van der Waals surface area contributed by atoms with Crippen molar-refractivity contribution in [2.45, 2.75) is 270 Å². The number of hydrogen-bond donors (Lipinski definition) is 2. The van der Waals surface area contributed by atoms with Crippen LogP contribution < -0.4 is 10.2 Å². The SMILES string of the molecule is CC/C=C\C/C=C\C/C=C\C/C=C\C/C=C\C/C=C\CCCCCCCCC(=O)NC(COP(=O)([O-])OCC[N+](C)(C)C)C(O)/C=C/CC/C=C/CC/C=C/CCCCCCCCCCCCCCCCCCCCC. The highest BCUT2D eigenvalue weighted by Crippen LogP contribution is 2.38. The second kappa shape index (κ2) is 56.9. The zero-order chi connectivity index (χ0) is 55.6. The van der Waals surface area contributed by atoms with E-state index in [0.717, 1.165) is 109 Å². The molecule has 0 aliphatic heterocycles. The Morgan fingerprint density at radius 1 is 0.474 bits per heavy atom. The molecule has 0 aliphatic carbocycles. The maximum atomic E-state index is 13.0. The van der Waals surface area contributed by atoms with Crippen LogP contribution in [0.2, 0.25) is 0 Å². The Bertz CT molecular complexity index is 1600. The number of allylic oxidation sites excluding steroid dienone is 17. The van der Waals surface area contributed by atoms with E-state index in [9.17, 15) is 19.4 Å². The molecule has 0 spiro atoms. The van der Waals surface area contributed by atoms with E-state index in [1.54, 1.807) is 6.08 Å². The molecule has 3 atom stereocenters. The molecule has 1 amide bonds. The molecule has 2 N–H and O–H groups in total. The normalized spacial score (nSPS) is 14.6. The van der Waals surface area contributed by atoms with Gasteiger partial charge in [-0.3, -0.25) is 9.36 Å². The summed E-state index contributed by atoms with van der Waals surface area (Å²) in [6.07, 6.45) is 83.3. The number of carbonyl (C=O) groups excluding carboxylic acids is 1. The minimum atomic E-state index is -4.63. The van der Waals surface area contributed by atoms with E-state index in [1.807, 2.05) is 27.2 Å². The highest BCUT2D eigenvalue weighted by molar-refractivity contribution is 7.45. The van der Waals surface area contributed by atoms with Gasteiger partial charge in [-0.15, -0.1) is 0 Å². The molecule has 76 heavy (non-hydrogen) atoms. The molecular formula is C67H119N2O6P. The molecule has 9 heteroatoms. The van der Waals surface area contributed by atoms with E-state index in [4.69, 9.17) is 9.05 Å². The average Bonchev–Trinajstić information content (AvgIpc) is 3.38. The predicted molar refractivity (Wildman–Crippen MR) is 329 cm³/mol. The fourth-order valence-corrected chi connectivity index (χ4v) is 9.32. The van der Waals surface area contributed by atoms with Crippen molar-refractivity contribution in [3.8, 4) is 0 Å². The lowest BCUT2D eigenvalue weighted by Gasteiger charge is -2.29. The van der Waals surface area contributed by atoms with Gasteiger partial charge in [0.05, 0.1) is 39.9 Å². The number of aliphatic hydroxyl groups is 1. The molecule has 0 aromatic carbocycles. The molecule has 0 radical (unpaired) electrons. The molecule has 0 bridgehead atoms. The fraction of sp³-hybridized carbons (Fsp3) is 0.716. The number of rotatable bonds is 56. The van der Waals surface area contributed by atoms with Crippen LogP contribution in [0.15, 0.2) is 109 Å². The quantitative estimate of drug-likeness (QED) is 0.0272. The highest BCUT2D eigenvalue weighted by atomic mass is 31.2. The topological polar surface area (TPSA) is 108 Å². The van der Waals surface area contributed by atoms with E-state index in [1.165, 1.54) is 128 Å². The fourth-order valence-electron chi connectivity index (χ4n) is 8.60. The van der Waals surface area contributed by atoms with E-state index < -0.39 is 26.6 Å². The summed E-state index contributed by atoms with van der Waals surface area (Å²) in [7, 11) is 1.21. The first-order valence-electron chi connectivity index (χ1n) is 31.2. The van der Waals surface area contributed by atoms with Gasteiger partial charge in [0.15, 0.2) is 0 Å². The van der Waals surface area contributed by atoms with Crippen molar-refractivity contribution in [2.75, 3.05) is 40.9 Å². The maximum Gasteiger partial charge on any atom is 0.268 e. The Hall–Kier alpha value is -2.84. The van der Waals surface area contributed by atoms with Crippen molar-refractivity contribution in [3.05, 3.63) is 109 Å². The van der Waals surface area contributed by atoms with Crippen LogP contribution >= 0.6 is 7.82 Å². The first kappa shape index (κ1) is 73.2. The third kappa shape index (κ3) is 58.8. The Kier molecular flexibility index (Phi) is 54.7. The van der Waals surface area contributed by atoms with E-state index in [2.05, 4.69) is 116 Å². The second-order valence-corrected chi connectivity index (χ2v) is 23.4. The van der Waals surface area contributed by atoms with Gasteiger partial charge in [-0.25, -0.2) is 0 Å². The van der Waals surface area contributed by atoms with Crippen LogP contribution in [-0.2, 0) is 18.4 Å². The van der Waals surface area contributed by atoms with Crippen LogP contribution in [0.3, 0.4) is 0 Å². The molecule has 0 saturated carbocycles. The van der Waals surface area contributed by atoms with Gasteiger partial charge in [0.1, 0.15) is 13.2 Å². The lowest BCUT2D eigenvalue weighted by atomic mass is 10.0. The van der Waals surface area contributed by atoms with Crippen LogP contribution in [0, 0.1) is 0 Å². The van der Waals surface area contributed by atoms with Gasteiger partial charge in [0.25, 0.3) is 7.82 Å². The lowest BCUT2D eigenvalue weighted by molar-refractivity contribution is -0.870. The molecule has 3 unspecified atom stereocenters. The van der Waals surface area contributed by atoms with Crippen molar-refractivity contribution in [1.82, 2.24) is 5.32 Å². The number of quaternary nitrogens is 1. The molecule has 438 valence electrons. The summed E-state index contributed by atoms with van der Waals surface area (Å²) in [6, 6.07) is -0.928. The summed E-state index contributed by atoms with van der Waals surface area (Å²) in [5.74, 6) is -0.229. The zero-order valence-corrected chi connectivity index (χ0v) is 50.8. The van der Waals surface area contributed by atoms with Gasteiger partial charge < -0.3 is 28.8 Å². The average molecular weight is 1080 g/mol. The van der Waals surface area contributed by atoms with Gasteiger partial charge in [-0.1, -0.05) is 264 Å². The molecule has 0 aromatic rings. The van der Waals surface area contributed by atoms with Crippen LogP contribution in [-0.4, -0.2) is 68.5 Å². The van der Waals surface area contributed by atoms with Crippen molar-refractivity contribution >= 4 is 13.7 Å². The number of amides is 1. The maximum absolute atomic E-state index is 13.0. The summed E-state index contributed by atoms with van der Waals surface area (Å²) in [5, 5.41) is 13.9. The van der Waals surface area contributed by atoms with Crippen molar-refractivity contribution in [1.29, 1.82) is 0 Å². The molecule has 0 rings (SSSR count). The van der Waals surface area contributed by atoms with Crippen molar-refractivity contribution < 1.29 is 32.9 Å². The molecular weight excluding hydrogens is 960 g/mol. The van der Waals surface area contributed by atoms with Gasteiger partial charge in [-0.2, -0.15) is 0 Å². The number of hydrogen-bond acceptors (Lipinski definition) is 6. The standard InChI is InChI=1S/C67H119N2O6P/c1-6-8-10-12-14-16-18-20-22-24-26-28-30-32-33-34-35-37-38-40-42-44-46-48-50-52-54-56-58-60-66(70)65(64-75-76(72,73)74-63-62-69(3,4)5)68-67(71)61-59-57-55-53-51-49-47-45-43-41-39-36-31-29-27-25-23-21-19-17-15-13-11-9-7-2/h9,11,15,17,21,23,27,29,36,39,42-45,50,52,58,60,65-66,70H,6-8,10,12-14,16,18-20,22,24-26,28,30-35,37-38,40-41,46-49,51,53-57,59,61-64H2,1-5H3,(H-,68,71,72,73)/b11-9-,17-15-,23-21-,29-27-,39-36-,44-42+,45-43-,52-50+,60-58+. The number of nitrogens with zero attached hydrogens (tertiary/aromatic N) is 1. The smallest absolute Gasteiger partial charge is 0.268 e. The zero-order valence-electron chi connectivity index (χ0n) is 49.9. The number of carbonyl (C=O) groups is 1. The van der Waals surface area contributed by atoms with Crippen LogP contribution in [0.5, 0.6) is 0 Å². The first-order valence-corrected chi connectivity index (χ1v) is 32.7. The van der Waals surface area contributed by atoms with E-state index in [-0.39, 0.29) is 12.5 Å². The lowest BCUT2D eigenvalue weighted by Crippen LogP contribution is -2.45. The molecule has 8 nitrogen and oxygen atoms in total. The van der Waals surface area contributed by atoms with Gasteiger partial charge in [0, 0.05) is 6.42 Å². The van der Waals surface area contributed by atoms with Crippen LogP contribution in [0.25, 0.3) is 0 Å². The summed E-state index contributed by atoms with van der Waals surface area (Å²) in [5.41, 5.74) is 0. The molecule has 0 saturated heterocycles. The number of aliphatic hydroxyl groups excluding tert-OH is 1. The number of likely N-dealkylation sites (N-methyl/N-ethyl adjacent to an activating group) is 1. The summed E-state index contributed by atoms with van der Waals surface area (Å²) in [6.45, 7) is 4.50. The monoisotopic (exact) mass is 1080 g/mol. The number of unbranched alkanes of at least 4 members (excludes halogenated alkanes) is 27. The minimum Gasteiger partial charge on any atom is -0.756 e. The number of phosphoric ester groups is 1. The van der Waals surface area contributed by atoms with E-state index in [0.29, 0.717) is 17.4 Å². The van der Waals surface area contributed by atoms with Crippen molar-refractivity contribution in [3.63, 3.8) is 0 Å². The largest absolute Gasteiger partial charge is 0.756 e. The molecule has 0 heterocycles. The van der Waals surface area contributed by atoms with Crippen LogP contribution in [0.4, 0.5) is 0 Å². The Morgan fingerprint density at radius 3 is 1.22 bits per heavy atom. The van der Waals surface area contributed by atoms with Gasteiger partial charge in [-0.05, 0) is 96.3 Å². The Balaban J connectivity index is 4.29. The minimum absolute atomic E-state index is 0.0181. The highest BCUT2D eigenvalue weighted by Gasteiger charge is 2.23. The Morgan fingerprint density at radius 2 is 0.816 bits per heavy atom. The summed E-state index contributed by atoms with van der Waals surface area (Å²) in [4.78, 5) is 25.5. The van der Waals surface area contributed by atoms with Gasteiger partial charge in [0.2, 0.25) is 5.91 Å². The third-order valence-electron chi connectivity index (χ3n) is 13.4. The van der Waals surface area contributed by atoms with Gasteiger partial charge >= 0.3 is 0 Å². The third-order valence-corrected chi connectivity index (χ3v) is 14.4.